The predicted molar refractivity (Wildman–Crippen MR) is 71.9 cm³/mol. The molecule has 0 aromatic heterocycles. The minimum absolute atomic E-state index is 0.0191. The second kappa shape index (κ2) is 5.40. The molecule has 1 aliphatic heterocycles. The van der Waals surface area contributed by atoms with Gasteiger partial charge >= 0.3 is 0 Å². The van der Waals surface area contributed by atoms with Gasteiger partial charge in [-0.15, -0.1) is 0 Å². The number of hydrogen-bond acceptors (Lipinski definition) is 3. The summed E-state index contributed by atoms with van der Waals surface area (Å²) in [4.78, 5) is 13.8. The smallest absolute Gasteiger partial charge is 0.253 e. The highest BCUT2D eigenvalue weighted by molar-refractivity contribution is 5.95. The van der Waals surface area contributed by atoms with Gasteiger partial charge in [-0.05, 0) is 43.5 Å². The summed E-state index contributed by atoms with van der Waals surface area (Å²) in [7, 11) is 1.72. The van der Waals surface area contributed by atoms with Gasteiger partial charge < -0.3 is 15.3 Å². The lowest BCUT2D eigenvalue weighted by molar-refractivity contribution is 0.0682. The van der Waals surface area contributed by atoms with Crippen molar-refractivity contribution in [2.45, 2.75) is 25.8 Å². The van der Waals surface area contributed by atoms with E-state index in [1.807, 2.05) is 25.1 Å². The van der Waals surface area contributed by atoms with Gasteiger partial charge in [0.25, 0.3) is 5.91 Å². The van der Waals surface area contributed by atoms with Gasteiger partial charge in [-0.25, -0.2) is 0 Å². The molecule has 0 fully saturated rings. The maximum atomic E-state index is 12.2. The zero-order valence-electron chi connectivity index (χ0n) is 10.9. The van der Waals surface area contributed by atoms with E-state index in [2.05, 4.69) is 5.32 Å². The second-order valence-electron chi connectivity index (χ2n) is 4.85. The van der Waals surface area contributed by atoms with Crippen molar-refractivity contribution in [3.05, 3.63) is 29.3 Å². The summed E-state index contributed by atoms with van der Waals surface area (Å²) >= 11 is 0. The summed E-state index contributed by atoms with van der Waals surface area (Å²) in [6.45, 7) is 2.81. The van der Waals surface area contributed by atoms with E-state index in [1.165, 1.54) is 5.56 Å². The van der Waals surface area contributed by atoms with Crippen LogP contribution in [0.3, 0.4) is 0 Å². The highest BCUT2D eigenvalue weighted by atomic mass is 16.3. The van der Waals surface area contributed by atoms with Crippen molar-refractivity contribution in [2.75, 3.05) is 25.5 Å². The molecule has 0 radical (unpaired) electrons. The van der Waals surface area contributed by atoms with Gasteiger partial charge in [0, 0.05) is 24.8 Å². The molecular weight excluding hydrogens is 228 g/mol. The van der Waals surface area contributed by atoms with Crippen LogP contribution in [0.25, 0.3) is 0 Å². The lowest BCUT2D eigenvalue weighted by atomic mass is 10.00. The van der Waals surface area contributed by atoms with Crippen LogP contribution in [0.4, 0.5) is 5.69 Å². The third kappa shape index (κ3) is 2.48. The van der Waals surface area contributed by atoms with E-state index in [0.717, 1.165) is 25.1 Å². The molecule has 1 amide bonds. The van der Waals surface area contributed by atoms with Crippen molar-refractivity contribution < 1.29 is 9.90 Å². The fraction of sp³-hybridized carbons (Fsp3) is 0.500. The molecule has 1 unspecified atom stereocenters. The van der Waals surface area contributed by atoms with E-state index in [1.54, 1.807) is 11.9 Å². The van der Waals surface area contributed by atoms with Gasteiger partial charge in [-0.1, -0.05) is 0 Å². The van der Waals surface area contributed by atoms with Crippen molar-refractivity contribution in [1.29, 1.82) is 0 Å². The number of aliphatic hydroxyl groups excluding tert-OH is 1. The highest BCUT2D eigenvalue weighted by Crippen LogP contribution is 2.23. The zero-order valence-corrected chi connectivity index (χ0v) is 10.9. The molecule has 1 aliphatic rings. The van der Waals surface area contributed by atoms with Crippen molar-refractivity contribution in [3.63, 3.8) is 0 Å². The van der Waals surface area contributed by atoms with Crippen molar-refractivity contribution in [1.82, 2.24) is 4.90 Å². The first kappa shape index (κ1) is 12.9. The summed E-state index contributed by atoms with van der Waals surface area (Å²) in [5, 5.41) is 12.4. The van der Waals surface area contributed by atoms with Crippen LogP contribution in [0, 0.1) is 0 Å². The number of fused-ring (bicyclic) bond motifs is 1. The second-order valence-corrected chi connectivity index (χ2v) is 4.85. The van der Waals surface area contributed by atoms with Gasteiger partial charge in [0.2, 0.25) is 0 Å². The standard InChI is InChI=1S/C14H20N2O2/c1-10(9-17)16(2)14(18)12-5-6-13-11(8-12)4-3-7-15-13/h5-6,8,10,15,17H,3-4,7,9H2,1-2H3. The van der Waals surface area contributed by atoms with Crippen LogP contribution in [-0.4, -0.2) is 42.2 Å². The molecule has 0 saturated carbocycles. The number of nitrogens with one attached hydrogen (secondary N) is 1. The number of nitrogens with zero attached hydrogens (tertiary/aromatic N) is 1. The first-order valence-corrected chi connectivity index (χ1v) is 6.38. The Balaban J connectivity index is 2.20. The normalized spacial score (nSPS) is 15.5. The van der Waals surface area contributed by atoms with Crippen molar-refractivity contribution in [2.24, 2.45) is 0 Å². The molecule has 2 N–H and O–H groups in total. The van der Waals surface area contributed by atoms with Crippen LogP contribution < -0.4 is 5.32 Å². The molecule has 4 heteroatoms. The number of carbonyl (C=O) groups excluding carboxylic acids is 1. The maximum Gasteiger partial charge on any atom is 0.253 e. The Morgan fingerprint density at radius 2 is 2.33 bits per heavy atom. The summed E-state index contributed by atoms with van der Waals surface area (Å²) in [6, 6.07) is 5.62. The topological polar surface area (TPSA) is 52.6 Å². The third-order valence-electron chi connectivity index (χ3n) is 3.54. The van der Waals surface area contributed by atoms with Gasteiger partial charge in [-0.3, -0.25) is 4.79 Å². The van der Waals surface area contributed by atoms with Gasteiger partial charge in [0.1, 0.15) is 0 Å². The third-order valence-corrected chi connectivity index (χ3v) is 3.54. The number of hydrogen-bond donors (Lipinski definition) is 2. The number of aliphatic hydroxyl groups is 1. The highest BCUT2D eigenvalue weighted by Gasteiger charge is 2.18. The summed E-state index contributed by atoms with van der Waals surface area (Å²) in [5.41, 5.74) is 3.04. The quantitative estimate of drug-likeness (QED) is 0.852. The van der Waals surface area contributed by atoms with E-state index in [0.29, 0.717) is 5.56 Å². The molecule has 1 aromatic rings. The molecule has 4 nitrogen and oxygen atoms in total. The number of carbonyl (C=O) groups is 1. The van der Waals surface area contributed by atoms with Gasteiger partial charge in [0.15, 0.2) is 0 Å². The monoisotopic (exact) mass is 248 g/mol. The molecule has 2 rings (SSSR count). The van der Waals surface area contributed by atoms with Crippen LogP contribution in [0.5, 0.6) is 0 Å². The Bertz CT molecular complexity index is 445. The molecule has 1 heterocycles. The first-order valence-electron chi connectivity index (χ1n) is 6.38. The number of likely N-dealkylation sites (N-methyl/N-ethyl adjacent to an activating group) is 1. The molecule has 98 valence electrons. The van der Waals surface area contributed by atoms with E-state index in [9.17, 15) is 4.79 Å². The van der Waals surface area contributed by atoms with Crippen LogP contribution in [-0.2, 0) is 6.42 Å². The number of benzene rings is 1. The first-order chi connectivity index (χ1) is 8.63. The fourth-order valence-corrected chi connectivity index (χ4v) is 2.13. The van der Waals surface area contributed by atoms with Crippen LogP contribution in [0.15, 0.2) is 18.2 Å². The number of amides is 1. The molecule has 0 bridgehead atoms. The number of aryl methyl sites for hydroxylation is 1. The van der Waals surface area contributed by atoms with Gasteiger partial charge in [-0.2, -0.15) is 0 Å². The number of anilines is 1. The minimum atomic E-state index is -0.161. The minimum Gasteiger partial charge on any atom is -0.394 e. The molecule has 1 atom stereocenters. The van der Waals surface area contributed by atoms with Gasteiger partial charge in [0.05, 0.1) is 12.6 Å². The van der Waals surface area contributed by atoms with Crippen molar-refractivity contribution >= 4 is 11.6 Å². The Morgan fingerprint density at radius 3 is 3.06 bits per heavy atom. The SMILES string of the molecule is CC(CO)N(C)C(=O)c1ccc2c(c1)CCCN2. The average Bonchev–Trinajstić information content (AvgIpc) is 2.44. The van der Waals surface area contributed by atoms with E-state index in [4.69, 9.17) is 5.11 Å². The predicted octanol–water partition coefficient (Wildman–Crippen LogP) is 1.50. The molecule has 0 aliphatic carbocycles. The van der Waals surface area contributed by atoms with Crippen molar-refractivity contribution in [3.8, 4) is 0 Å². The molecule has 1 aromatic carbocycles. The zero-order chi connectivity index (χ0) is 13.1. The summed E-state index contributed by atoms with van der Waals surface area (Å²) in [5.74, 6) is -0.0371. The Hall–Kier alpha value is -1.55. The summed E-state index contributed by atoms with van der Waals surface area (Å²) in [6.07, 6.45) is 2.12. The largest absolute Gasteiger partial charge is 0.394 e. The van der Waals surface area contributed by atoms with Crippen LogP contribution in [0.2, 0.25) is 0 Å². The molecular formula is C14H20N2O2. The van der Waals surface area contributed by atoms with E-state index >= 15 is 0 Å². The lowest BCUT2D eigenvalue weighted by Crippen LogP contribution is -2.37. The Labute approximate surface area is 108 Å². The average molecular weight is 248 g/mol. The Morgan fingerprint density at radius 1 is 1.56 bits per heavy atom. The molecule has 0 spiro atoms. The van der Waals surface area contributed by atoms with E-state index < -0.39 is 0 Å². The Kier molecular flexibility index (Phi) is 3.87. The van der Waals surface area contributed by atoms with E-state index in [-0.39, 0.29) is 18.6 Å². The number of rotatable bonds is 3. The molecule has 18 heavy (non-hydrogen) atoms. The fourth-order valence-electron chi connectivity index (χ4n) is 2.13. The molecule has 0 saturated heterocycles. The maximum absolute atomic E-state index is 12.2. The van der Waals surface area contributed by atoms with Crippen LogP contribution in [0.1, 0.15) is 29.3 Å². The summed E-state index contributed by atoms with van der Waals surface area (Å²) < 4.78 is 0. The lowest BCUT2D eigenvalue weighted by Gasteiger charge is -2.24. The van der Waals surface area contributed by atoms with Crippen LogP contribution >= 0.6 is 0 Å².